The summed E-state index contributed by atoms with van der Waals surface area (Å²) in [6, 6.07) is 0. The summed E-state index contributed by atoms with van der Waals surface area (Å²) in [6.45, 7) is 6.32. The van der Waals surface area contributed by atoms with E-state index in [1.807, 2.05) is 6.54 Å². The third-order valence-electron chi connectivity index (χ3n) is 0.680. The van der Waals surface area contributed by atoms with Gasteiger partial charge in [0.05, 0.1) is 0 Å². The van der Waals surface area contributed by atoms with Gasteiger partial charge >= 0.3 is 0 Å². The van der Waals surface area contributed by atoms with E-state index in [1.54, 1.807) is 6.08 Å². The van der Waals surface area contributed by atoms with E-state index in [-0.39, 0.29) is 6.61 Å². The van der Waals surface area contributed by atoms with Crippen LogP contribution in [0.3, 0.4) is 0 Å². The Morgan fingerprint density at radius 3 is 2.88 bits per heavy atom. The predicted molar refractivity (Wildman–Crippen MR) is 34.2 cm³/mol. The van der Waals surface area contributed by atoms with Crippen LogP contribution < -0.4 is 5.32 Å². The van der Waals surface area contributed by atoms with Crippen molar-refractivity contribution in [1.82, 2.24) is 5.32 Å². The summed E-state index contributed by atoms with van der Waals surface area (Å²) in [5.74, 6) is 0. The average molecular weight is 114 g/mol. The lowest BCUT2D eigenvalue weighted by Crippen LogP contribution is -2.09. The summed E-state index contributed by atoms with van der Waals surface area (Å²) in [5.41, 5.74) is 0. The predicted octanol–water partition coefficient (Wildman–Crippen LogP) is 0.306. The summed E-state index contributed by atoms with van der Waals surface area (Å²) in [6.07, 6.45) is 2.47. The summed E-state index contributed by atoms with van der Waals surface area (Å²) in [5, 5.41) is 11.2. The fourth-order valence-corrected chi connectivity index (χ4v) is 0.333. The molecule has 0 unspecified atom stereocenters. The maximum absolute atomic E-state index is 8.27. The van der Waals surface area contributed by atoms with Crippen molar-refractivity contribution in [3.8, 4) is 0 Å². The molecule has 2 heteroatoms. The number of hydrogen-bond acceptors (Lipinski definition) is 2. The van der Waals surface area contributed by atoms with Gasteiger partial charge in [-0.15, -0.1) is 6.58 Å². The van der Waals surface area contributed by atoms with Gasteiger partial charge in [-0.05, 0) is 6.42 Å². The van der Waals surface area contributed by atoms with Gasteiger partial charge in [0, 0.05) is 19.7 Å². The highest BCUT2D eigenvalue weighted by Gasteiger charge is 1.80. The molecule has 0 atom stereocenters. The third kappa shape index (κ3) is 5.66. The van der Waals surface area contributed by atoms with Gasteiger partial charge in [-0.2, -0.15) is 0 Å². The van der Waals surface area contributed by atoms with Crippen molar-refractivity contribution in [3.05, 3.63) is 19.2 Å². The maximum Gasteiger partial charge on any atom is 0.0446 e. The summed E-state index contributed by atoms with van der Waals surface area (Å²) >= 11 is 0. The Bertz CT molecular complexity index is 54.5. The van der Waals surface area contributed by atoms with Crippen LogP contribution in [0.15, 0.2) is 12.7 Å². The zero-order chi connectivity index (χ0) is 6.24. The highest BCUT2D eigenvalue weighted by atomic mass is 16.3. The molecule has 0 saturated carbocycles. The van der Waals surface area contributed by atoms with Crippen molar-refractivity contribution in [1.29, 1.82) is 0 Å². The van der Waals surface area contributed by atoms with Crippen LogP contribution in [0.1, 0.15) is 6.42 Å². The quantitative estimate of drug-likeness (QED) is 0.398. The number of hydrogen-bond donors (Lipinski definition) is 2. The molecule has 0 fully saturated rings. The minimum atomic E-state index is 0.212. The molecule has 47 valence electrons. The molecule has 0 aromatic heterocycles. The topological polar surface area (TPSA) is 32.3 Å². The highest BCUT2D eigenvalue weighted by molar-refractivity contribution is 4.73. The van der Waals surface area contributed by atoms with E-state index in [9.17, 15) is 0 Å². The fourth-order valence-electron chi connectivity index (χ4n) is 0.333. The molecule has 0 aromatic carbocycles. The van der Waals surface area contributed by atoms with Crippen molar-refractivity contribution < 1.29 is 5.11 Å². The second-order valence-electron chi connectivity index (χ2n) is 1.41. The van der Waals surface area contributed by atoms with Crippen LogP contribution in [0.25, 0.3) is 0 Å². The van der Waals surface area contributed by atoms with E-state index >= 15 is 0 Å². The first-order valence-electron chi connectivity index (χ1n) is 2.68. The minimum absolute atomic E-state index is 0.212. The van der Waals surface area contributed by atoms with Gasteiger partial charge < -0.3 is 10.4 Å². The van der Waals surface area contributed by atoms with Gasteiger partial charge in [0.2, 0.25) is 0 Å². The van der Waals surface area contributed by atoms with Gasteiger partial charge in [0.15, 0.2) is 0 Å². The van der Waals surface area contributed by atoms with Crippen LogP contribution in [0.5, 0.6) is 0 Å². The third-order valence-corrected chi connectivity index (χ3v) is 0.680. The monoisotopic (exact) mass is 114 g/mol. The van der Waals surface area contributed by atoms with Crippen molar-refractivity contribution in [2.24, 2.45) is 0 Å². The van der Waals surface area contributed by atoms with Crippen molar-refractivity contribution >= 4 is 0 Å². The smallest absolute Gasteiger partial charge is 0.0446 e. The van der Waals surface area contributed by atoms with Crippen LogP contribution in [-0.4, -0.2) is 18.3 Å². The maximum atomic E-state index is 8.27. The van der Waals surface area contributed by atoms with E-state index in [4.69, 9.17) is 5.11 Å². The van der Waals surface area contributed by atoms with Crippen molar-refractivity contribution in [2.45, 2.75) is 6.42 Å². The van der Waals surface area contributed by atoms with Crippen LogP contribution in [-0.2, 0) is 0 Å². The van der Waals surface area contributed by atoms with E-state index in [0.29, 0.717) is 6.42 Å². The second kappa shape index (κ2) is 6.66. The normalized spacial score (nSPS) is 9.12. The number of aliphatic hydroxyl groups is 1. The number of aliphatic hydroxyl groups excluding tert-OH is 1. The lowest BCUT2D eigenvalue weighted by Gasteiger charge is -1.94. The molecule has 0 aliphatic heterocycles. The van der Waals surface area contributed by atoms with Crippen LogP contribution in [0.2, 0.25) is 0 Å². The molecular formula is C6H12NO. The molecule has 8 heavy (non-hydrogen) atoms. The van der Waals surface area contributed by atoms with Crippen LogP contribution in [0, 0.1) is 6.54 Å². The van der Waals surface area contributed by atoms with Gasteiger partial charge in [0.1, 0.15) is 0 Å². The minimum Gasteiger partial charge on any atom is -0.396 e. The molecule has 0 bridgehead atoms. The molecule has 0 amide bonds. The molecule has 0 saturated heterocycles. The summed E-state index contributed by atoms with van der Waals surface area (Å²) in [7, 11) is 0. The Morgan fingerprint density at radius 2 is 2.38 bits per heavy atom. The molecular weight excluding hydrogens is 102 g/mol. The average Bonchev–Trinajstić information content (AvgIpc) is 1.81. The summed E-state index contributed by atoms with van der Waals surface area (Å²) < 4.78 is 0. The zero-order valence-electron chi connectivity index (χ0n) is 4.93. The molecule has 1 radical (unpaired) electrons. The summed E-state index contributed by atoms with van der Waals surface area (Å²) in [4.78, 5) is 0. The zero-order valence-corrected chi connectivity index (χ0v) is 4.93. The molecule has 0 rings (SSSR count). The molecule has 0 aliphatic rings. The molecule has 2 N–H and O–H groups in total. The van der Waals surface area contributed by atoms with E-state index in [0.717, 1.165) is 6.54 Å². The first-order chi connectivity index (χ1) is 3.91. The van der Waals surface area contributed by atoms with Gasteiger partial charge in [-0.1, -0.05) is 6.08 Å². The van der Waals surface area contributed by atoms with Crippen molar-refractivity contribution in [2.75, 3.05) is 13.2 Å². The lowest BCUT2D eigenvalue weighted by molar-refractivity contribution is 0.295. The number of nitrogens with one attached hydrogen (secondary N) is 1. The Kier molecular flexibility index (Phi) is 6.38. The standard InChI is InChI=1S/C6H12NO/c1-2-4-7-5-3-6-8/h2,5,7-8H,1,3-4,6H2. The largest absolute Gasteiger partial charge is 0.396 e. The lowest BCUT2D eigenvalue weighted by atomic mass is 10.4. The van der Waals surface area contributed by atoms with Crippen LogP contribution in [0.4, 0.5) is 0 Å². The molecule has 2 nitrogen and oxygen atoms in total. The molecule has 0 aromatic rings. The Hall–Kier alpha value is -0.340. The first kappa shape index (κ1) is 7.66. The molecule has 0 aliphatic carbocycles. The second-order valence-corrected chi connectivity index (χ2v) is 1.41. The van der Waals surface area contributed by atoms with E-state index in [2.05, 4.69) is 11.9 Å². The highest BCUT2D eigenvalue weighted by Crippen LogP contribution is 1.76. The van der Waals surface area contributed by atoms with E-state index < -0.39 is 0 Å². The SMILES string of the molecule is C=CCN[CH]CCO. The Morgan fingerprint density at radius 1 is 1.62 bits per heavy atom. The van der Waals surface area contributed by atoms with E-state index in [1.165, 1.54) is 0 Å². The molecule has 0 spiro atoms. The molecule has 0 heterocycles. The fraction of sp³-hybridized carbons (Fsp3) is 0.500. The Balaban J connectivity index is 2.62. The van der Waals surface area contributed by atoms with Gasteiger partial charge in [0.25, 0.3) is 0 Å². The van der Waals surface area contributed by atoms with Gasteiger partial charge in [-0.25, -0.2) is 0 Å². The first-order valence-corrected chi connectivity index (χ1v) is 2.68. The van der Waals surface area contributed by atoms with Gasteiger partial charge in [-0.3, -0.25) is 0 Å². The number of rotatable bonds is 5. The van der Waals surface area contributed by atoms with Crippen molar-refractivity contribution in [3.63, 3.8) is 0 Å². The Labute approximate surface area is 50.2 Å². The van der Waals surface area contributed by atoms with Crippen LogP contribution >= 0.6 is 0 Å².